The number of carbonyl (C=O) groups is 1. The van der Waals surface area contributed by atoms with Crippen LogP contribution in [0, 0.1) is 22.7 Å². The highest BCUT2D eigenvalue weighted by molar-refractivity contribution is 9.10. The summed E-state index contributed by atoms with van der Waals surface area (Å²) in [5.74, 6) is -0.132. The minimum absolute atomic E-state index is 0.0495. The number of nitrogens with two attached hydrogens (primary N) is 1. The summed E-state index contributed by atoms with van der Waals surface area (Å²) in [6.07, 6.45) is 0.373. The second-order valence-corrected chi connectivity index (χ2v) is 8.14. The first kappa shape index (κ1) is 21.4. The molecule has 1 aromatic heterocycles. The SMILES string of the molecule is N#Cc1c(N)nc(SCC(=O)Nc2ccc(Br)cc2)c(C#N)c1Cc1ccccc1. The number of benzene rings is 2. The van der Waals surface area contributed by atoms with Crippen LogP contribution in [0.15, 0.2) is 64.1 Å². The van der Waals surface area contributed by atoms with Crippen molar-refractivity contribution in [1.29, 1.82) is 10.5 Å². The number of nitriles is 2. The Balaban J connectivity index is 1.84. The molecule has 6 nitrogen and oxygen atoms in total. The third-order valence-electron chi connectivity index (χ3n) is 4.21. The number of halogens is 1. The number of thioether (sulfide) groups is 1. The van der Waals surface area contributed by atoms with Crippen LogP contribution in [0.1, 0.15) is 22.3 Å². The highest BCUT2D eigenvalue weighted by Gasteiger charge is 2.20. The molecule has 148 valence electrons. The summed E-state index contributed by atoms with van der Waals surface area (Å²) in [6.45, 7) is 0. The van der Waals surface area contributed by atoms with E-state index in [0.29, 0.717) is 22.7 Å². The molecule has 3 aromatic rings. The molecule has 3 rings (SSSR count). The van der Waals surface area contributed by atoms with Gasteiger partial charge in [-0.1, -0.05) is 58.0 Å². The number of anilines is 2. The van der Waals surface area contributed by atoms with E-state index in [2.05, 4.69) is 38.4 Å². The first-order valence-corrected chi connectivity index (χ1v) is 10.6. The minimum atomic E-state index is -0.236. The third-order valence-corrected chi connectivity index (χ3v) is 5.71. The Bertz CT molecular complexity index is 1150. The number of pyridine rings is 1. The van der Waals surface area contributed by atoms with Crippen LogP contribution in [-0.4, -0.2) is 16.6 Å². The molecule has 30 heavy (non-hydrogen) atoms. The lowest BCUT2D eigenvalue weighted by molar-refractivity contribution is -0.113. The third kappa shape index (κ3) is 5.18. The summed E-state index contributed by atoms with van der Waals surface area (Å²) in [5, 5.41) is 22.4. The maximum atomic E-state index is 12.3. The van der Waals surface area contributed by atoms with Crippen molar-refractivity contribution in [2.75, 3.05) is 16.8 Å². The summed E-state index contributed by atoms with van der Waals surface area (Å²) in [4.78, 5) is 16.5. The molecule has 0 aliphatic carbocycles. The van der Waals surface area contributed by atoms with Crippen LogP contribution in [0.25, 0.3) is 0 Å². The van der Waals surface area contributed by atoms with Gasteiger partial charge in [0.05, 0.1) is 16.9 Å². The predicted octanol–water partition coefficient (Wildman–Crippen LogP) is 4.49. The van der Waals surface area contributed by atoms with Gasteiger partial charge in [0.1, 0.15) is 23.0 Å². The fourth-order valence-electron chi connectivity index (χ4n) is 2.82. The molecular formula is C22H16BrN5OS. The number of amides is 1. The quantitative estimate of drug-likeness (QED) is 0.505. The maximum absolute atomic E-state index is 12.3. The molecule has 1 amide bonds. The van der Waals surface area contributed by atoms with Crippen molar-refractivity contribution in [2.45, 2.75) is 11.4 Å². The van der Waals surface area contributed by atoms with Crippen molar-refractivity contribution >= 4 is 45.1 Å². The maximum Gasteiger partial charge on any atom is 0.234 e. The molecule has 0 atom stereocenters. The molecule has 0 saturated carbocycles. The second kappa shape index (κ2) is 9.93. The summed E-state index contributed by atoms with van der Waals surface area (Å²) in [6, 6.07) is 20.9. The molecule has 0 bridgehead atoms. The van der Waals surface area contributed by atoms with Crippen LogP contribution in [0.3, 0.4) is 0 Å². The summed E-state index contributed by atoms with van der Waals surface area (Å²) in [5.41, 5.74) is 8.59. The molecule has 3 N–H and O–H groups in total. The van der Waals surface area contributed by atoms with Crippen molar-refractivity contribution in [3.63, 3.8) is 0 Å². The summed E-state index contributed by atoms with van der Waals surface area (Å²) < 4.78 is 0.914. The highest BCUT2D eigenvalue weighted by Crippen LogP contribution is 2.30. The Morgan fingerprint density at radius 1 is 1.07 bits per heavy atom. The number of nitrogen functional groups attached to an aromatic ring is 1. The van der Waals surface area contributed by atoms with Gasteiger partial charge in [-0.25, -0.2) is 4.98 Å². The number of hydrogen-bond acceptors (Lipinski definition) is 6. The van der Waals surface area contributed by atoms with Gasteiger partial charge in [-0.15, -0.1) is 0 Å². The Labute approximate surface area is 186 Å². The van der Waals surface area contributed by atoms with E-state index in [1.807, 2.05) is 42.5 Å². The normalized spacial score (nSPS) is 10.1. The van der Waals surface area contributed by atoms with Gasteiger partial charge in [0.15, 0.2) is 0 Å². The lowest BCUT2D eigenvalue weighted by atomic mass is 9.97. The molecular weight excluding hydrogens is 462 g/mol. The fraction of sp³-hybridized carbons (Fsp3) is 0.0909. The molecule has 0 saturated heterocycles. The summed E-state index contributed by atoms with van der Waals surface area (Å²) >= 11 is 4.46. The topological polar surface area (TPSA) is 116 Å². The first-order valence-electron chi connectivity index (χ1n) is 8.86. The number of carbonyl (C=O) groups excluding carboxylic acids is 1. The van der Waals surface area contributed by atoms with Gasteiger partial charge < -0.3 is 11.1 Å². The zero-order valence-corrected chi connectivity index (χ0v) is 18.1. The highest BCUT2D eigenvalue weighted by atomic mass is 79.9. The van der Waals surface area contributed by atoms with Gasteiger partial charge in [-0.3, -0.25) is 4.79 Å². The van der Waals surface area contributed by atoms with Crippen molar-refractivity contribution in [2.24, 2.45) is 0 Å². The molecule has 0 unspecified atom stereocenters. The van der Waals surface area contributed by atoms with Gasteiger partial charge in [0, 0.05) is 16.6 Å². The molecule has 0 aliphatic heterocycles. The van der Waals surface area contributed by atoms with Crippen LogP contribution < -0.4 is 11.1 Å². The van der Waals surface area contributed by atoms with Gasteiger partial charge in [0.25, 0.3) is 0 Å². The van der Waals surface area contributed by atoms with Crippen LogP contribution in [0.4, 0.5) is 11.5 Å². The number of rotatable bonds is 6. The lowest BCUT2D eigenvalue weighted by Gasteiger charge is -2.13. The molecule has 0 aliphatic rings. The van der Waals surface area contributed by atoms with Crippen molar-refractivity contribution in [3.8, 4) is 12.1 Å². The van der Waals surface area contributed by atoms with E-state index < -0.39 is 0 Å². The van der Waals surface area contributed by atoms with E-state index in [1.54, 1.807) is 12.1 Å². The monoisotopic (exact) mass is 477 g/mol. The van der Waals surface area contributed by atoms with Crippen molar-refractivity contribution in [3.05, 3.63) is 81.3 Å². The summed E-state index contributed by atoms with van der Waals surface area (Å²) in [7, 11) is 0. The lowest BCUT2D eigenvalue weighted by Crippen LogP contribution is -2.15. The van der Waals surface area contributed by atoms with E-state index >= 15 is 0 Å². The number of nitrogens with one attached hydrogen (secondary N) is 1. The Hall–Kier alpha value is -3.33. The van der Waals surface area contributed by atoms with E-state index in [1.165, 1.54) is 0 Å². The molecule has 8 heteroatoms. The standard InChI is InChI=1S/C22H16BrN5OS/c23-15-6-8-16(9-7-15)27-20(29)13-30-22-19(12-25)17(18(11-24)21(26)28-22)10-14-4-2-1-3-5-14/h1-9H,10,13H2,(H2,26,28)(H,27,29). The average molecular weight is 478 g/mol. The van der Waals surface area contributed by atoms with Crippen LogP contribution >= 0.6 is 27.7 Å². The smallest absolute Gasteiger partial charge is 0.234 e. The Kier molecular flexibility index (Phi) is 7.08. The Morgan fingerprint density at radius 2 is 1.73 bits per heavy atom. The Morgan fingerprint density at radius 3 is 2.37 bits per heavy atom. The number of hydrogen-bond donors (Lipinski definition) is 2. The predicted molar refractivity (Wildman–Crippen MR) is 121 cm³/mol. The van der Waals surface area contributed by atoms with Gasteiger partial charge in [0.2, 0.25) is 5.91 Å². The zero-order chi connectivity index (χ0) is 21.5. The first-order chi connectivity index (χ1) is 14.5. The molecule has 0 fully saturated rings. The van der Waals surface area contributed by atoms with Gasteiger partial charge >= 0.3 is 0 Å². The molecule has 0 spiro atoms. The second-order valence-electron chi connectivity index (χ2n) is 6.26. The molecule has 2 aromatic carbocycles. The van der Waals surface area contributed by atoms with E-state index in [0.717, 1.165) is 21.8 Å². The van der Waals surface area contributed by atoms with Crippen LogP contribution in [-0.2, 0) is 11.2 Å². The zero-order valence-electron chi connectivity index (χ0n) is 15.7. The fourth-order valence-corrected chi connectivity index (χ4v) is 3.90. The largest absolute Gasteiger partial charge is 0.383 e. The van der Waals surface area contributed by atoms with Crippen molar-refractivity contribution in [1.82, 2.24) is 4.98 Å². The van der Waals surface area contributed by atoms with E-state index in [9.17, 15) is 15.3 Å². The van der Waals surface area contributed by atoms with E-state index in [4.69, 9.17) is 5.73 Å². The van der Waals surface area contributed by atoms with Gasteiger partial charge in [-0.05, 0) is 35.4 Å². The molecule has 0 radical (unpaired) electrons. The van der Waals surface area contributed by atoms with E-state index in [-0.39, 0.29) is 28.6 Å². The molecule has 1 heterocycles. The average Bonchev–Trinajstić information content (AvgIpc) is 2.75. The van der Waals surface area contributed by atoms with Crippen LogP contribution in [0.5, 0.6) is 0 Å². The minimum Gasteiger partial charge on any atom is -0.383 e. The number of aromatic nitrogens is 1. The number of nitrogens with zero attached hydrogens (tertiary/aromatic N) is 3. The van der Waals surface area contributed by atoms with Crippen LogP contribution in [0.2, 0.25) is 0 Å². The van der Waals surface area contributed by atoms with Crippen molar-refractivity contribution < 1.29 is 4.79 Å². The van der Waals surface area contributed by atoms with Gasteiger partial charge in [-0.2, -0.15) is 10.5 Å².